The van der Waals surface area contributed by atoms with Crippen molar-refractivity contribution in [2.45, 2.75) is 63.5 Å². The molecule has 2 aliphatic rings. The van der Waals surface area contributed by atoms with Crippen molar-refractivity contribution < 1.29 is 29.0 Å². The van der Waals surface area contributed by atoms with E-state index >= 15 is 0 Å². The predicted octanol–water partition coefficient (Wildman–Crippen LogP) is 0.360. The number of aliphatic hydroxyl groups is 1. The van der Waals surface area contributed by atoms with Crippen LogP contribution in [0, 0.1) is 0 Å². The monoisotopic (exact) mass is 637 g/mol. The van der Waals surface area contributed by atoms with E-state index in [4.69, 9.17) is 4.74 Å². The summed E-state index contributed by atoms with van der Waals surface area (Å²) < 4.78 is 7.41. The van der Waals surface area contributed by atoms with Crippen LogP contribution >= 0.6 is 11.8 Å². The van der Waals surface area contributed by atoms with E-state index in [1.807, 2.05) is 36.6 Å². The first kappa shape index (κ1) is 33.5. The molecule has 3 aromatic rings. The minimum absolute atomic E-state index is 0.0294. The number of nitrogens with zero attached hydrogens (tertiary/aromatic N) is 3. The lowest BCUT2D eigenvalue weighted by Gasteiger charge is -2.27. The van der Waals surface area contributed by atoms with Crippen LogP contribution in [0.5, 0.6) is 5.75 Å². The van der Waals surface area contributed by atoms with Gasteiger partial charge in [-0.25, -0.2) is 4.68 Å². The average molecular weight is 638 g/mol. The number of fused-ring (bicyclic) bond motifs is 16. The molecule has 2 aliphatic heterocycles. The first-order valence-electron chi connectivity index (χ1n) is 14.7. The highest BCUT2D eigenvalue weighted by Gasteiger charge is 2.32. The van der Waals surface area contributed by atoms with E-state index in [-0.39, 0.29) is 25.3 Å². The van der Waals surface area contributed by atoms with Gasteiger partial charge in [0.2, 0.25) is 23.6 Å². The zero-order valence-corrected chi connectivity index (χ0v) is 26.1. The molecule has 240 valence electrons. The van der Waals surface area contributed by atoms with E-state index in [0.717, 1.165) is 11.1 Å². The summed E-state index contributed by atoms with van der Waals surface area (Å²) in [4.78, 5) is 53.2. The Labute approximate surface area is 265 Å². The number of hydrogen-bond donors (Lipinski definition) is 5. The summed E-state index contributed by atoms with van der Waals surface area (Å²) in [6.07, 6.45) is 2.78. The molecule has 0 saturated heterocycles. The van der Waals surface area contributed by atoms with Crippen molar-refractivity contribution in [1.29, 1.82) is 0 Å². The number of amides is 4. The molecular formula is C31H39N7O6S. The van der Waals surface area contributed by atoms with Crippen LogP contribution in [0.3, 0.4) is 0 Å². The molecule has 0 saturated carbocycles. The smallest absolute Gasteiger partial charge is 0.245 e. The lowest BCUT2D eigenvalue weighted by atomic mass is 10.0. The standard InChI is InChI=1S/C31H39N7O6S/c1-20(39)28-31(43)34-26(16-21-6-4-3-5-7-21)29(41)32-18-23-19-38(37-36-23)13-14-44-24-10-8-22(9-11-24)17-27(40)33-25(12-15-45-2)30(42)35-28/h3-11,19-20,25-26,28,39H,12-18H2,1-2H3,(H,32,41)(H,33,40)(H,34,43)(H,35,42)/t20-,25+,26+,28+/m1/s1. The number of nitrogens with one attached hydrogen (secondary N) is 4. The summed E-state index contributed by atoms with van der Waals surface area (Å²) in [6.45, 7) is 2.17. The molecule has 13 nitrogen and oxygen atoms in total. The number of hydrogen-bond acceptors (Lipinski definition) is 9. The highest BCUT2D eigenvalue weighted by Crippen LogP contribution is 2.14. The fourth-order valence-electron chi connectivity index (χ4n) is 4.71. The molecule has 4 atom stereocenters. The molecule has 14 heteroatoms. The molecule has 0 aliphatic carbocycles. The summed E-state index contributed by atoms with van der Waals surface area (Å²) in [5.41, 5.74) is 2.04. The molecule has 4 bridgehead atoms. The largest absolute Gasteiger partial charge is 0.492 e. The van der Waals surface area contributed by atoms with Gasteiger partial charge in [0.25, 0.3) is 0 Å². The zero-order chi connectivity index (χ0) is 32.2. The van der Waals surface area contributed by atoms with Gasteiger partial charge in [-0.3, -0.25) is 19.2 Å². The van der Waals surface area contributed by atoms with Crippen LogP contribution in [0.2, 0.25) is 0 Å². The third kappa shape index (κ3) is 10.3. The summed E-state index contributed by atoms with van der Waals surface area (Å²) in [5.74, 6) is -1.02. The van der Waals surface area contributed by atoms with E-state index in [0.29, 0.717) is 36.8 Å². The Morgan fingerprint density at radius 1 is 0.978 bits per heavy atom. The molecule has 0 radical (unpaired) electrons. The van der Waals surface area contributed by atoms with Crippen LogP contribution in [-0.2, 0) is 45.1 Å². The van der Waals surface area contributed by atoms with Crippen LogP contribution in [0.15, 0.2) is 60.8 Å². The number of carbonyl (C=O) groups excluding carboxylic acids is 4. The molecule has 5 rings (SSSR count). The second-order valence-corrected chi connectivity index (χ2v) is 11.7. The van der Waals surface area contributed by atoms with Crippen molar-refractivity contribution in [2.24, 2.45) is 0 Å². The molecule has 0 unspecified atom stereocenters. The topological polar surface area (TPSA) is 177 Å². The maximum atomic E-state index is 13.5. The molecule has 3 heterocycles. The SMILES string of the molecule is CSCC[C@@H]1NC(=O)Cc2ccc(cc2)OCCn2cc(nn2)CNC(=O)[C@H](Cc2ccccc2)NC(=O)[C@H]([C@@H](C)O)NC1=O. The van der Waals surface area contributed by atoms with Crippen LogP contribution in [-0.4, -0.2) is 86.6 Å². The number of aliphatic hydroxyl groups excluding tert-OH is 1. The second kappa shape index (κ2) is 16.6. The Kier molecular flexibility index (Phi) is 12.3. The highest BCUT2D eigenvalue weighted by atomic mass is 32.2. The van der Waals surface area contributed by atoms with Crippen molar-refractivity contribution in [1.82, 2.24) is 36.3 Å². The summed E-state index contributed by atoms with van der Waals surface area (Å²) in [7, 11) is 0. The second-order valence-electron chi connectivity index (χ2n) is 10.7. The maximum Gasteiger partial charge on any atom is 0.245 e. The van der Waals surface area contributed by atoms with Gasteiger partial charge in [0.1, 0.15) is 36.2 Å². The predicted molar refractivity (Wildman–Crippen MR) is 168 cm³/mol. The van der Waals surface area contributed by atoms with Gasteiger partial charge in [0.05, 0.1) is 31.8 Å². The number of aromatic nitrogens is 3. The summed E-state index contributed by atoms with van der Waals surface area (Å²) >= 11 is 1.51. The molecular weight excluding hydrogens is 598 g/mol. The molecule has 5 N–H and O–H groups in total. The van der Waals surface area contributed by atoms with Crippen LogP contribution in [0.1, 0.15) is 30.2 Å². The van der Waals surface area contributed by atoms with Crippen LogP contribution in [0.4, 0.5) is 0 Å². The molecule has 4 amide bonds. The fourth-order valence-corrected chi connectivity index (χ4v) is 5.18. The van der Waals surface area contributed by atoms with Crippen molar-refractivity contribution in [3.8, 4) is 5.75 Å². The third-order valence-electron chi connectivity index (χ3n) is 7.15. The highest BCUT2D eigenvalue weighted by molar-refractivity contribution is 7.98. The zero-order valence-electron chi connectivity index (χ0n) is 25.3. The molecule has 2 aromatic carbocycles. The maximum absolute atomic E-state index is 13.5. The van der Waals surface area contributed by atoms with Crippen LogP contribution in [0.25, 0.3) is 0 Å². The van der Waals surface area contributed by atoms with Crippen molar-refractivity contribution >= 4 is 35.4 Å². The van der Waals surface area contributed by atoms with E-state index < -0.39 is 42.0 Å². The van der Waals surface area contributed by atoms with Gasteiger partial charge >= 0.3 is 0 Å². The van der Waals surface area contributed by atoms with Gasteiger partial charge in [0.15, 0.2) is 0 Å². The number of benzene rings is 2. The molecule has 45 heavy (non-hydrogen) atoms. The number of thioether (sulfide) groups is 1. The molecule has 0 spiro atoms. The Hall–Kier alpha value is -4.43. The van der Waals surface area contributed by atoms with E-state index in [2.05, 4.69) is 31.6 Å². The minimum atomic E-state index is -1.38. The van der Waals surface area contributed by atoms with Gasteiger partial charge in [-0.1, -0.05) is 47.7 Å². The Morgan fingerprint density at radius 3 is 2.44 bits per heavy atom. The first-order chi connectivity index (χ1) is 21.7. The molecule has 1 aromatic heterocycles. The number of rotatable bonds is 6. The summed E-state index contributed by atoms with van der Waals surface area (Å²) in [5, 5.41) is 29.6. The lowest BCUT2D eigenvalue weighted by molar-refractivity contribution is -0.135. The minimum Gasteiger partial charge on any atom is -0.492 e. The van der Waals surface area contributed by atoms with Gasteiger partial charge in [-0.2, -0.15) is 11.8 Å². The number of carbonyl (C=O) groups is 4. The van der Waals surface area contributed by atoms with E-state index in [1.165, 1.54) is 18.7 Å². The van der Waals surface area contributed by atoms with Crippen molar-refractivity contribution in [3.63, 3.8) is 0 Å². The van der Waals surface area contributed by atoms with Crippen LogP contribution < -0.4 is 26.0 Å². The Balaban J connectivity index is 1.59. The van der Waals surface area contributed by atoms with E-state index in [9.17, 15) is 24.3 Å². The quantitative estimate of drug-likeness (QED) is 0.239. The third-order valence-corrected chi connectivity index (χ3v) is 7.79. The fraction of sp³-hybridized carbons (Fsp3) is 0.419. The Bertz CT molecular complexity index is 1430. The normalized spacial score (nSPS) is 21.1. The summed E-state index contributed by atoms with van der Waals surface area (Å²) in [6, 6.07) is 12.9. The van der Waals surface area contributed by atoms with Crippen molar-refractivity contribution in [3.05, 3.63) is 77.6 Å². The van der Waals surface area contributed by atoms with Crippen molar-refractivity contribution in [2.75, 3.05) is 18.6 Å². The Morgan fingerprint density at radius 2 is 1.73 bits per heavy atom. The average Bonchev–Trinajstić information content (AvgIpc) is 3.48. The lowest BCUT2D eigenvalue weighted by Crippen LogP contribution is -2.60. The van der Waals surface area contributed by atoms with E-state index in [1.54, 1.807) is 35.1 Å². The van der Waals surface area contributed by atoms with Gasteiger partial charge in [-0.05, 0) is 48.6 Å². The number of ether oxygens (including phenoxy) is 1. The molecule has 0 fully saturated rings. The van der Waals surface area contributed by atoms with Gasteiger partial charge in [-0.15, -0.1) is 5.10 Å². The van der Waals surface area contributed by atoms with Gasteiger partial charge in [0, 0.05) is 6.42 Å². The van der Waals surface area contributed by atoms with Gasteiger partial charge < -0.3 is 31.1 Å². The first-order valence-corrected chi connectivity index (χ1v) is 16.1.